The number of carbonyl (C=O) groups excluding carboxylic acids is 1. The highest BCUT2D eigenvalue weighted by atomic mass is 16.5. The molecule has 0 radical (unpaired) electrons. The number of carbonyl (C=O) groups is 2. The Morgan fingerprint density at radius 1 is 1.17 bits per heavy atom. The number of ether oxygens (including phenoxy) is 2. The summed E-state index contributed by atoms with van der Waals surface area (Å²) in [5.41, 5.74) is 1.78. The minimum atomic E-state index is -0.894. The molecule has 2 aromatic rings. The van der Waals surface area contributed by atoms with Gasteiger partial charge in [-0.3, -0.25) is 4.79 Å². The fourth-order valence-corrected chi connectivity index (χ4v) is 3.59. The maximum absolute atomic E-state index is 12.8. The van der Waals surface area contributed by atoms with Crippen molar-refractivity contribution in [2.24, 2.45) is 5.92 Å². The molecule has 1 amide bonds. The van der Waals surface area contributed by atoms with Crippen LogP contribution in [0.15, 0.2) is 42.6 Å². The van der Waals surface area contributed by atoms with Crippen LogP contribution in [0.1, 0.15) is 39.1 Å². The van der Waals surface area contributed by atoms with Gasteiger partial charge >= 0.3 is 5.97 Å². The molecule has 0 atom stereocenters. The number of nitrogens with zero attached hydrogens (tertiary/aromatic N) is 2. The molecule has 3 rings (SSSR count). The molecular weight excluding hydrogens is 372 g/mol. The molecule has 1 N–H and O–H groups in total. The van der Waals surface area contributed by atoms with E-state index in [4.69, 9.17) is 9.47 Å². The second-order valence-corrected chi connectivity index (χ2v) is 7.13. The van der Waals surface area contributed by atoms with Gasteiger partial charge in [0.1, 0.15) is 6.61 Å². The normalized spacial score (nSPS) is 14.6. The third-order valence-corrected chi connectivity index (χ3v) is 5.18. The number of amides is 1. The van der Waals surface area contributed by atoms with Crippen molar-refractivity contribution in [1.82, 2.24) is 9.88 Å². The third kappa shape index (κ3) is 5.54. The van der Waals surface area contributed by atoms with Gasteiger partial charge in [-0.25, -0.2) is 9.78 Å². The van der Waals surface area contributed by atoms with Gasteiger partial charge in [-0.05, 0) is 42.9 Å². The average molecular weight is 398 g/mol. The molecule has 0 saturated carbocycles. The van der Waals surface area contributed by atoms with Crippen LogP contribution in [-0.4, -0.2) is 60.3 Å². The SMILES string of the molecule is COCCOc1cc(C(=O)N2CCC(Cc3ccccc3C(=O)O)CC2)ccn1. The molecular formula is C22H26N2O5. The Labute approximate surface area is 170 Å². The first-order valence-corrected chi connectivity index (χ1v) is 9.76. The lowest BCUT2D eigenvalue weighted by atomic mass is 9.88. The zero-order chi connectivity index (χ0) is 20.6. The molecule has 1 aromatic heterocycles. The van der Waals surface area contributed by atoms with E-state index in [1.807, 2.05) is 17.0 Å². The van der Waals surface area contributed by atoms with Crippen LogP contribution in [-0.2, 0) is 11.2 Å². The van der Waals surface area contributed by atoms with Crippen molar-refractivity contribution in [1.29, 1.82) is 0 Å². The lowest BCUT2D eigenvalue weighted by Crippen LogP contribution is -2.39. The molecule has 1 saturated heterocycles. The number of benzene rings is 1. The summed E-state index contributed by atoms with van der Waals surface area (Å²) in [6, 6.07) is 10.5. The quantitative estimate of drug-likeness (QED) is 0.688. The Balaban J connectivity index is 1.56. The Morgan fingerprint density at radius 3 is 2.66 bits per heavy atom. The van der Waals surface area contributed by atoms with E-state index in [1.54, 1.807) is 37.6 Å². The van der Waals surface area contributed by atoms with Crippen LogP contribution in [0.2, 0.25) is 0 Å². The molecule has 7 nitrogen and oxygen atoms in total. The van der Waals surface area contributed by atoms with E-state index in [-0.39, 0.29) is 5.91 Å². The van der Waals surface area contributed by atoms with E-state index in [1.165, 1.54) is 0 Å². The molecule has 0 unspecified atom stereocenters. The number of aromatic carboxylic acids is 1. The topological polar surface area (TPSA) is 89.0 Å². The number of hydrogen-bond acceptors (Lipinski definition) is 5. The Bertz CT molecular complexity index is 847. The van der Waals surface area contributed by atoms with Crippen LogP contribution in [0, 0.1) is 5.92 Å². The molecule has 154 valence electrons. The number of carboxylic acid groups (broad SMARTS) is 1. The summed E-state index contributed by atoms with van der Waals surface area (Å²) < 4.78 is 10.4. The Morgan fingerprint density at radius 2 is 1.93 bits per heavy atom. The molecule has 1 aliphatic rings. The van der Waals surface area contributed by atoms with Crippen molar-refractivity contribution in [2.75, 3.05) is 33.4 Å². The van der Waals surface area contributed by atoms with E-state index in [2.05, 4.69) is 4.98 Å². The molecule has 1 fully saturated rings. The van der Waals surface area contributed by atoms with Crippen LogP contribution < -0.4 is 4.74 Å². The number of aromatic nitrogens is 1. The van der Waals surface area contributed by atoms with Crippen molar-refractivity contribution < 1.29 is 24.2 Å². The van der Waals surface area contributed by atoms with Crippen molar-refractivity contribution in [3.63, 3.8) is 0 Å². The van der Waals surface area contributed by atoms with Gasteiger partial charge in [0.15, 0.2) is 0 Å². The van der Waals surface area contributed by atoms with Gasteiger partial charge in [0.2, 0.25) is 5.88 Å². The minimum absolute atomic E-state index is 0.0339. The van der Waals surface area contributed by atoms with Gasteiger partial charge in [-0.2, -0.15) is 0 Å². The molecule has 2 heterocycles. The largest absolute Gasteiger partial charge is 0.478 e. The zero-order valence-electron chi connectivity index (χ0n) is 16.5. The first kappa shape index (κ1) is 20.8. The molecule has 0 bridgehead atoms. The summed E-state index contributed by atoms with van der Waals surface area (Å²) in [7, 11) is 1.60. The summed E-state index contributed by atoms with van der Waals surface area (Å²) in [5.74, 6) is -0.152. The van der Waals surface area contributed by atoms with Gasteiger partial charge in [-0.1, -0.05) is 18.2 Å². The number of hydrogen-bond donors (Lipinski definition) is 1. The van der Waals surface area contributed by atoms with Crippen molar-refractivity contribution >= 4 is 11.9 Å². The van der Waals surface area contributed by atoms with Gasteiger partial charge in [0.05, 0.1) is 12.2 Å². The number of carboxylic acids is 1. The van der Waals surface area contributed by atoms with E-state index in [0.717, 1.165) is 24.8 Å². The average Bonchev–Trinajstić information content (AvgIpc) is 2.74. The fourth-order valence-electron chi connectivity index (χ4n) is 3.59. The molecule has 1 aliphatic heterocycles. The first-order chi connectivity index (χ1) is 14.1. The van der Waals surface area contributed by atoms with Crippen molar-refractivity contribution in [2.45, 2.75) is 19.3 Å². The maximum atomic E-state index is 12.8. The van der Waals surface area contributed by atoms with E-state index in [0.29, 0.717) is 49.2 Å². The van der Waals surface area contributed by atoms with Crippen LogP contribution in [0.25, 0.3) is 0 Å². The number of likely N-dealkylation sites (tertiary alicyclic amines) is 1. The highest BCUT2D eigenvalue weighted by Crippen LogP contribution is 2.25. The molecule has 29 heavy (non-hydrogen) atoms. The fraction of sp³-hybridized carbons (Fsp3) is 0.409. The van der Waals surface area contributed by atoms with Crippen LogP contribution >= 0.6 is 0 Å². The number of piperidine rings is 1. The summed E-state index contributed by atoms with van der Waals surface area (Å²) in [4.78, 5) is 30.2. The van der Waals surface area contributed by atoms with Crippen LogP contribution in [0.3, 0.4) is 0 Å². The summed E-state index contributed by atoms with van der Waals surface area (Å²) in [6.07, 6.45) is 3.99. The van der Waals surface area contributed by atoms with Gasteiger partial charge < -0.3 is 19.5 Å². The van der Waals surface area contributed by atoms with E-state index >= 15 is 0 Å². The van der Waals surface area contributed by atoms with Gasteiger partial charge in [-0.15, -0.1) is 0 Å². The summed E-state index contributed by atoms with van der Waals surface area (Å²) >= 11 is 0. The zero-order valence-corrected chi connectivity index (χ0v) is 16.5. The van der Waals surface area contributed by atoms with Crippen molar-refractivity contribution in [3.05, 3.63) is 59.3 Å². The maximum Gasteiger partial charge on any atom is 0.335 e. The number of rotatable bonds is 8. The van der Waals surface area contributed by atoms with Crippen LogP contribution in [0.4, 0.5) is 0 Å². The number of methoxy groups -OCH3 is 1. The highest BCUT2D eigenvalue weighted by molar-refractivity contribution is 5.94. The second-order valence-electron chi connectivity index (χ2n) is 7.13. The van der Waals surface area contributed by atoms with Gasteiger partial charge in [0, 0.05) is 38.0 Å². The summed E-state index contributed by atoms with van der Waals surface area (Å²) in [5, 5.41) is 9.35. The lowest BCUT2D eigenvalue weighted by Gasteiger charge is -2.32. The third-order valence-electron chi connectivity index (χ3n) is 5.18. The molecule has 7 heteroatoms. The Kier molecular flexibility index (Phi) is 7.19. The minimum Gasteiger partial charge on any atom is -0.478 e. The molecule has 1 aromatic carbocycles. The first-order valence-electron chi connectivity index (χ1n) is 9.76. The van der Waals surface area contributed by atoms with Gasteiger partial charge in [0.25, 0.3) is 5.91 Å². The number of pyridine rings is 1. The van der Waals surface area contributed by atoms with Crippen LogP contribution in [0.5, 0.6) is 5.88 Å². The lowest BCUT2D eigenvalue weighted by molar-refractivity contribution is 0.0689. The summed E-state index contributed by atoms with van der Waals surface area (Å²) in [6.45, 7) is 2.14. The monoisotopic (exact) mass is 398 g/mol. The predicted molar refractivity (Wildman–Crippen MR) is 107 cm³/mol. The highest BCUT2D eigenvalue weighted by Gasteiger charge is 2.25. The molecule has 0 spiro atoms. The standard InChI is InChI=1S/C22H26N2O5/c1-28-12-13-29-20-15-18(6-9-23-20)21(25)24-10-7-16(8-11-24)14-17-4-2-3-5-19(17)22(26)27/h2-6,9,15-16H,7-8,10-14H2,1H3,(H,26,27). The predicted octanol–water partition coefficient (Wildman–Crippen LogP) is 2.90. The van der Waals surface area contributed by atoms with E-state index in [9.17, 15) is 14.7 Å². The molecule has 0 aliphatic carbocycles. The Hall–Kier alpha value is -2.93. The smallest absolute Gasteiger partial charge is 0.335 e. The van der Waals surface area contributed by atoms with E-state index < -0.39 is 5.97 Å². The van der Waals surface area contributed by atoms with Crippen molar-refractivity contribution in [3.8, 4) is 5.88 Å². The second kappa shape index (κ2) is 10.0.